The van der Waals surface area contributed by atoms with Gasteiger partial charge < -0.3 is 10.1 Å². The van der Waals surface area contributed by atoms with Crippen molar-refractivity contribution < 1.29 is 9.53 Å². The van der Waals surface area contributed by atoms with Gasteiger partial charge in [-0.05, 0) is 43.2 Å². The Bertz CT molecular complexity index is 618. The summed E-state index contributed by atoms with van der Waals surface area (Å²) >= 11 is 0. The van der Waals surface area contributed by atoms with Crippen LogP contribution in [0.25, 0.3) is 0 Å². The Morgan fingerprint density at radius 2 is 1.81 bits per heavy atom. The average Bonchev–Trinajstić information content (AvgIpc) is 2.49. The molecule has 0 aliphatic carbocycles. The lowest BCUT2D eigenvalue weighted by molar-refractivity contribution is 0.0990. The molecule has 110 valence electrons. The molecule has 0 atom stereocenters. The molecule has 2 aromatic carbocycles. The highest BCUT2D eigenvalue weighted by Gasteiger charge is 2.07. The lowest BCUT2D eigenvalue weighted by Crippen LogP contribution is -2.22. The van der Waals surface area contributed by atoms with Crippen LogP contribution in [0.5, 0.6) is 5.75 Å². The zero-order chi connectivity index (χ0) is 15.2. The van der Waals surface area contributed by atoms with Gasteiger partial charge in [-0.1, -0.05) is 29.8 Å². The van der Waals surface area contributed by atoms with Gasteiger partial charge in [-0.25, -0.2) is 0 Å². The number of carbonyl (C=O) groups is 1. The third-order valence-electron chi connectivity index (χ3n) is 3.45. The molecule has 21 heavy (non-hydrogen) atoms. The molecule has 0 heterocycles. The van der Waals surface area contributed by atoms with Gasteiger partial charge in [0.05, 0.1) is 13.7 Å². The van der Waals surface area contributed by atoms with Crippen LogP contribution in [-0.2, 0) is 6.54 Å². The quantitative estimate of drug-likeness (QED) is 0.827. The predicted octanol–water partition coefficient (Wildman–Crippen LogP) is 3.28. The highest BCUT2D eigenvalue weighted by molar-refractivity contribution is 5.97. The van der Waals surface area contributed by atoms with Crippen LogP contribution < -0.4 is 10.1 Å². The summed E-state index contributed by atoms with van der Waals surface area (Å²) in [5.41, 5.74) is 4.11. The third-order valence-corrected chi connectivity index (χ3v) is 3.45. The topological polar surface area (TPSA) is 38.3 Å². The Hall–Kier alpha value is -2.13. The van der Waals surface area contributed by atoms with E-state index >= 15 is 0 Å². The minimum absolute atomic E-state index is 0.0906. The van der Waals surface area contributed by atoms with Gasteiger partial charge in [0.25, 0.3) is 0 Å². The maximum atomic E-state index is 12.1. The number of hydrogen-bond donors (Lipinski definition) is 1. The van der Waals surface area contributed by atoms with Gasteiger partial charge in [0, 0.05) is 12.1 Å². The van der Waals surface area contributed by atoms with Crippen LogP contribution in [0.3, 0.4) is 0 Å². The molecule has 0 aliphatic heterocycles. The highest BCUT2D eigenvalue weighted by atomic mass is 16.5. The summed E-state index contributed by atoms with van der Waals surface area (Å²) in [5, 5.41) is 3.19. The fourth-order valence-corrected chi connectivity index (χ4v) is 2.18. The van der Waals surface area contributed by atoms with Crippen molar-refractivity contribution >= 4 is 5.78 Å². The second kappa shape index (κ2) is 7.04. The molecule has 0 unspecified atom stereocenters. The standard InChI is InChI=1S/C18H21NO2/c1-13-4-6-15(7-5-13)11-19-12-17(20)16-8-9-18(21-3)14(2)10-16/h4-10,19H,11-12H2,1-3H3. The summed E-state index contributed by atoms with van der Waals surface area (Å²) in [6.45, 7) is 5.03. The predicted molar refractivity (Wildman–Crippen MR) is 84.9 cm³/mol. The third kappa shape index (κ3) is 4.17. The van der Waals surface area contributed by atoms with Gasteiger partial charge in [-0.3, -0.25) is 4.79 Å². The second-order valence-electron chi connectivity index (χ2n) is 5.20. The van der Waals surface area contributed by atoms with Gasteiger partial charge >= 0.3 is 0 Å². The van der Waals surface area contributed by atoms with E-state index in [0.717, 1.165) is 11.3 Å². The number of rotatable bonds is 6. The molecule has 0 aromatic heterocycles. The smallest absolute Gasteiger partial charge is 0.176 e. The molecular weight excluding hydrogens is 262 g/mol. The molecule has 0 radical (unpaired) electrons. The van der Waals surface area contributed by atoms with Gasteiger partial charge in [-0.2, -0.15) is 0 Å². The first-order valence-electron chi connectivity index (χ1n) is 7.04. The van der Waals surface area contributed by atoms with E-state index in [0.29, 0.717) is 18.7 Å². The summed E-state index contributed by atoms with van der Waals surface area (Å²) in [7, 11) is 1.63. The number of ketones is 1. The minimum atomic E-state index is 0.0906. The van der Waals surface area contributed by atoms with Gasteiger partial charge in [-0.15, -0.1) is 0 Å². The monoisotopic (exact) mass is 283 g/mol. The van der Waals surface area contributed by atoms with E-state index in [2.05, 4.69) is 36.5 Å². The molecule has 0 spiro atoms. The van der Waals surface area contributed by atoms with E-state index in [1.807, 2.05) is 25.1 Å². The fraction of sp³-hybridized carbons (Fsp3) is 0.278. The number of carbonyl (C=O) groups excluding carboxylic acids is 1. The normalized spacial score (nSPS) is 10.4. The number of aryl methyl sites for hydroxylation is 2. The zero-order valence-electron chi connectivity index (χ0n) is 12.8. The van der Waals surface area contributed by atoms with Gasteiger partial charge in [0.2, 0.25) is 0 Å². The van der Waals surface area contributed by atoms with E-state index in [-0.39, 0.29) is 5.78 Å². The van der Waals surface area contributed by atoms with E-state index in [4.69, 9.17) is 4.74 Å². The zero-order valence-corrected chi connectivity index (χ0v) is 12.8. The maximum absolute atomic E-state index is 12.1. The van der Waals surface area contributed by atoms with Gasteiger partial charge in [0.1, 0.15) is 5.75 Å². The van der Waals surface area contributed by atoms with E-state index < -0.39 is 0 Å². The van der Waals surface area contributed by atoms with E-state index in [1.165, 1.54) is 11.1 Å². The first-order chi connectivity index (χ1) is 10.1. The second-order valence-corrected chi connectivity index (χ2v) is 5.20. The summed E-state index contributed by atoms with van der Waals surface area (Å²) < 4.78 is 5.20. The van der Waals surface area contributed by atoms with Crippen LogP contribution in [0.1, 0.15) is 27.0 Å². The van der Waals surface area contributed by atoms with Crippen molar-refractivity contribution in [1.29, 1.82) is 0 Å². The minimum Gasteiger partial charge on any atom is -0.496 e. The number of hydrogen-bond acceptors (Lipinski definition) is 3. The fourth-order valence-electron chi connectivity index (χ4n) is 2.18. The summed E-state index contributed by atoms with van der Waals surface area (Å²) in [4.78, 5) is 12.1. The van der Waals surface area contributed by atoms with Crippen LogP contribution >= 0.6 is 0 Å². The Kier molecular flexibility index (Phi) is 5.12. The molecule has 2 aromatic rings. The number of ether oxygens (including phenoxy) is 1. The molecule has 3 heteroatoms. The van der Waals surface area contributed by atoms with Crippen molar-refractivity contribution in [3.05, 3.63) is 64.7 Å². The highest BCUT2D eigenvalue weighted by Crippen LogP contribution is 2.18. The maximum Gasteiger partial charge on any atom is 0.176 e. The lowest BCUT2D eigenvalue weighted by atomic mass is 10.1. The Morgan fingerprint density at radius 3 is 2.43 bits per heavy atom. The number of nitrogens with one attached hydrogen (secondary N) is 1. The van der Waals surface area contributed by atoms with Crippen molar-refractivity contribution in [1.82, 2.24) is 5.32 Å². The number of Topliss-reactive ketones (excluding diaryl/α,β-unsaturated/α-hetero) is 1. The molecule has 0 bridgehead atoms. The first-order valence-corrected chi connectivity index (χ1v) is 7.04. The van der Waals surface area contributed by atoms with Crippen LogP contribution in [0, 0.1) is 13.8 Å². The molecule has 0 aliphatic rings. The van der Waals surface area contributed by atoms with Gasteiger partial charge in [0.15, 0.2) is 5.78 Å². The Balaban J connectivity index is 1.89. The van der Waals surface area contributed by atoms with Crippen molar-refractivity contribution in [2.24, 2.45) is 0 Å². The number of benzene rings is 2. The molecule has 0 fully saturated rings. The molecular formula is C18H21NO2. The first kappa shape index (κ1) is 15.3. The summed E-state index contributed by atoms with van der Waals surface area (Å²) in [5.74, 6) is 0.895. The molecule has 0 saturated heterocycles. The molecule has 1 N–H and O–H groups in total. The summed E-state index contributed by atoms with van der Waals surface area (Å²) in [6, 6.07) is 13.8. The van der Waals surface area contributed by atoms with E-state index in [1.54, 1.807) is 7.11 Å². The molecule has 3 nitrogen and oxygen atoms in total. The van der Waals surface area contributed by atoms with Crippen molar-refractivity contribution in [2.75, 3.05) is 13.7 Å². The van der Waals surface area contributed by atoms with Crippen LogP contribution in [0.2, 0.25) is 0 Å². The summed E-state index contributed by atoms with van der Waals surface area (Å²) in [6.07, 6.45) is 0. The SMILES string of the molecule is COc1ccc(C(=O)CNCc2ccc(C)cc2)cc1C. The van der Waals surface area contributed by atoms with Crippen LogP contribution in [0.15, 0.2) is 42.5 Å². The van der Waals surface area contributed by atoms with Crippen LogP contribution in [0.4, 0.5) is 0 Å². The Morgan fingerprint density at radius 1 is 1.10 bits per heavy atom. The number of methoxy groups -OCH3 is 1. The Labute approximate surface area is 126 Å². The lowest BCUT2D eigenvalue weighted by Gasteiger charge is -2.08. The van der Waals surface area contributed by atoms with Crippen molar-refractivity contribution in [3.8, 4) is 5.75 Å². The largest absolute Gasteiger partial charge is 0.496 e. The van der Waals surface area contributed by atoms with Crippen LogP contribution in [-0.4, -0.2) is 19.4 Å². The molecule has 2 rings (SSSR count). The van der Waals surface area contributed by atoms with E-state index in [9.17, 15) is 4.79 Å². The van der Waals surface area contributed by atoms with Crippen molar-refractivity contribution in [2.45, 2.75) is 20.4 Å². The average molecular weight is 283 g/mol. The molecule has 0 amide bonds. The van der Waals surface area contributed by atoms with Crippen molar-refractivity contribution in [3.63, 3.8) is 0 Å². The molecule has 0 saturated carbocycles.